The van der Waals surface area contributed by atoms with Crippen LogP contribution in [-0.4, -0.2) is 0 Å². The Balaban J connectivity index is 1.27. The third-order valence-electron chi connectivity index (χ3n) is 9.88. The molecule has 0 spiro atoms. The van der Waals surface area contributed by atoms with Crippen LogP contribution >= 0.6 is 0 Å². The largest absolute Gasteiger partial charge is 0.0622 e. The molecule has 0 fully saturated rings. The molecule has 0 aromatic heterocycles. The van der Waals surface area contributed by atoms with E-state index in [-0.39, 0.29) is 0 Å². The molecule has 0 nitrogen and oxygen atoms in total. The van der Waals surface area contributed by atoms with Gasteiger partial charge in [0, 0.05) is 0 Å². The fraction of sp³-hybridized carbons (Fsp3) is 0. The second-order valence-electron chi connectivity index (χ2n) is 12.6. The third kappa shape index (κ3) is 3.87. The molecule has 0 atom stereocenters. The quantitative estimate of drug-likeness (QED) is 0.141. The van der Waals surface area contributed by atoms with Gasteiger partial charge in [0.2, 0.25) is 0 Å². The third-order valence-corrected chi connectivity index (χ3v) is 9.88. The smallest absolute Gasteiger partial charge is 0.00201 e. The lowest BCUT2D eigenvalue weighted by Crippen LogP contribution is -1.89. The van der Waals surface area contributed by atoms with Gasteiger partial charge in [-0.1, -0.05) is 121 Å². The Labute approximate surface area is 266 Å². The lowest BCUT2D eigenvalue weighted by molar-refractivity contribution is 1.65. The molecule has 0 unspecified atom stereocenters. The van der Waals surface area contributed by atoms with Crippen molar-refractivity contribution in [3.8, 4) is 22.3 Å². The number of benzene rings is 10. The second kappa shape index (κ2) is 9.76. The summed E-state index contributed by atoms with van der Waals surface area (Å²) in [7, 11) is 0. The molecular weight excluding hydrogens is 553 g/mol. The van der Waals surface area contributed by atoms with Crippen LogP contribution in [-0.2, 0) is 0 Å². The number of hydrogen-bond acceptors (Lipinski definition) is 0. The summed E-state index contributed by atoms with van der Waals surface area (Å²) in [5, 5.41) is 17.9. The summed E-state index contributed by atoms with van der Waals surface area (Å²) in [6.07, 6.45) is 0. The lowest BCUT2D eigenvalue weighted by atomic mass is 9.87. The first kappa shape index (κ1) is 25.4. The van der Waals surface area contributed by atoms with Gasteiger partial charge in [-0.05, 0) is 146 Å². The predicted octanol–water partition coefficient (Wildman–Crippen LogP) is 13.1. The van der Waals surface area contributed by atoms with Crippen molar-refractivity contribution in [2.75, 3.05) is 0 Å². The molecule has 0 aliphatic heterocycles. The van der Waals surface area contributed by atoms with Crippen molar-refractivity contribution in [2.24, 2.45) is 0 Å². The molecule has 10 aromatic carbocycles. The van der Waals surface area contributed by atoms with E-state index in [0.717, 1.165) is 0 Å². The molecule has 46 heavy (non-hydrogen) atoms. The molecule has 0 heteroatoms. The van der Waals surface area contributed by atoms with Crippen LogP contribution in [0.4, 0.5) is 0 Å². The van der Waals surface area contributed by atoms with Crippen LogP contribution in [0.1, 0.15) is 0 Å². The van der Waals surface area contributed by atoms with Gasteiger partial charge in [0.05, 0.1) is 0 Å². The molecular formula is C46H28. The average Bonchev–Trinajstić information content (AvgIpc) is 3.11. The van der Waals surface area contributed by atoms with Gasteiger partial charge in [-0.25, -0.2) is 0 Å². The van der Waals surface area contributed by atoms with Gasteiger partial charge in [-0.15, -0.1) is 0 Å². The summed E-state index contributed by atoms with van der Waals surface area (Å²) in [5.74, 6) is 0. The first-order valence-electron chi connectivity index (χ1n) is 16.0. The Hall–Kier alpha value is -5.98. The zero-order valence-corrected chi connectivity index (χ0v) is 25.2. The summed E-state index contributed by atoms with van der Waals surface area (Å²) >= 11 is 0. The van der Waals surface area contributed by atoms with Crippen LogP contribution in [0.2, 0.25) is 0 Å². The maximum absolute atomic E-state index is 2.41. The van der Waals surface area contributed by atoms with E-state index in [0.29, 0.717) is 0 Å². The van der Waals surface area contributed by atoms with Crippen molar-refractivity contribution in [3.63, 3.8) is 0 Å². The van der Waals surface area contributed by atoms with E-state index < -0.39 is 0 Å². The van der Waals surface area contributed by atoms with Crippen LogP contribution in [0.3, 0.4) is 0 Å². The Morgan fingerprint density at radius 1 is 0.217 bits per heavy atom. The monoisotopic (exact) mass is 580 g/mol. The molecule has 0 saturated heterocycles. The van der Waals surface area contributed by atoms with E-state index in [2.05, 4.69) is 170 Å². The minimum absolute atomic E-state index is 1.25. The van der Waals surface area contributed by atoms with Gasteiger partial charge in [-0.3, -0.25) is 0 Å². The average molecular weight is 581 g/mol. The van der Waals surface area contributed by atoms with E-state index in [1.165, 1.54) is 97.7 Å². The maximum atomic E-state index is 2.41. The number of hydrogen-bond donors (Lipinski definition) is 0. The molecule has 0 bridgehead atoms. The highest BCUT2D eigenvalue weighted by Crippen LogP contribution is 2.43. The van der Waals surface area contributed by atoms with Crippen molar-refractivity contribution >= 4 is 75.4 Å². The summed E-state index contributed by atoms with van der Waals surface area (Å²) in [6, 6.07) is 63.0. The van der Waals surface area contributed by atoms with Crippen molar-refractivity contribution in [1.29, 1.82) is 0 Å². The molecule has 0 amide bonds. The molecule has 0 saturated carbocycles. The lowest BCUT2D eigenvalue weighted by Gasteiger charge is -2.16. The van der Waals surface area contributed by atoms with Crippen molar-refractivity contribution < 1.29 is 0 Å². The standard InChI is InChI=1S/C46H28/c1-3-9-29(10-4-1)33-15-16-34-22-38-24-35-17-20-42-41(43(35)28-39(38)26-37(34)21-33)19-18-36-25-40-23-31-13-7-8-14-32(31)27-44(40)45(46(36)42)30-11-5-2-6-12-30/h1-28H. The second-order valence-corrected chi connectivity index (χ2v) is 12.6. The minimum atomic E-state index is 1.25. The summed E-state index contributed by atoms with van der Waals surface area (Å²) in [6.45, 7) is 0. The maximum Gasteiger partial charge on any atom is -0.00201 e. The molecule has 10 rings (SSSR count). The van der Waals surface area contributed by atoms with Gasteiger partial charge < -0.3 is 0 Å². The first-order valence-corrected chi connectivity index (χ1v) is 16.0. The first-order chi connectivity index (χ1) is 22.8. The summed E-state index contributed by atoms with van der Waals surface area (Å²) in [5.41, 5.74) is 5.05. The SMILES string of the molecule is c1ccc(-c2ccc3cc4cc5ccc6c(ccc7cc8cc9ccccc9cc8c(-c8ccccc8)c76)c5cc4cc3c2)cc1. The Bertz CT molecular complexity index is 2830. The van der Waals surface area contributed by atoms with E-state index in [9.17, 15) is 0 Å². The topological polar surface area (TPSA) is 0 Å². The molecule has 0 N–H and O–H groups in total. The molecule has 0 radical (unpaired) electrons. The van der Waals surface area contributed by atoms with Crippen LogP contribution in [0, 0.1) is 0 Å². The molecule has 0 aliphatic rings. The summed E-state index contributed by atoms with van der Waals surface area (Å²) in [4.78, 5) is 0. The van der Waals surface area contributed by atoms with Crippen LogP contribution < -0.4 is 0 Å². The Morgan fingerprint density at radius 3 is 1.57 bits per heavy atom. The molecule has 0 aliphatic carbocycles. The van der Waals surface area contributed by atoms with Crippen molar-refractivity contribution in [1.82, 2.24) is 0 Å². The van der Waals surface area contributed by atoms with Crippen molar-refractivity contribution in [2.45, 2.75) is 0 Å². The zero-order chi connectivity index (χ0) is 30.2. The van der Waals surface area contributed by atoms with E-state index in [1.807, 2.05) is 0 Å². The van der Waals surface area contributed by atoms with Crippen molar-refractivity contribution in [3.05, 3.63) is 170 Å². The molecule has 10 aromatic rings. The van der Waals surface area contributed by atoms with Crippen LogP contribution in [0.15, 0.2) is 170 Å². The Kier molecular flexibility index (Phi) is 5.38. The highest BCUT2D eigenvalue weighted by atomic mass is 14.2. The van der Waals surface area contributed by atoms with Crippen LogP contribution in [0.25, 0.3) is 97.7 Å². The van der Waals surface area contributed by atoms with E-state index in [4.69, 9.17) is 0 Å². The predicted molar refractivity (Wildman–Crippen MR) is 200 cm³/mol. The van der Waals surface area contributed by atoms with Gasteiger partial charge >= 0.3 is 0 Å². The normalized spacial score (nSPS) is 11.9. The minimum Gasteiger partial charge on any atom is -0.0622 e. The highest BCUT2D eigenvalue weighted by molar-refractivity contribution is 6.27. The molecule has 0 heterocycles. The zero-order valence-electron chi connectivity index (χ0n) is 25.2. The van der Waals surface area contributed by atoms with Gasteiger partial charge in [0.15, 0.2) is 0 Å². The molecule has 212 valence electrons. The van der Waals surface area contributed by atoms with E-state index in [1.54, 1.807) is 0 Å². The van der Waals surface area contributed by atoms with Gasteiger partial charge in [0.1, 0.15) is 0 Å². The fourth-order valence-corrected chi connectivity index (χ4v) is 7.67. The Morgan fingerprint density at radius 2 is 0.739 bits per heavy atom. The number of fused-ring (bicyclic) bond motifs is 9. The number of rotatable bonds is 2. The fourth-order valence-electron chi connectivity index (χ4n) is 7.67. The summed E-state index contributed by atoms with van der Waals surface area (Å²) < 4.78 is 0. The van der Waals surface area contributed by atoms with Gasteiger partial charge in [0.25, 0.3) is 0 Å². The van der Waals surface area contributed by atoms with Crippen LogP contribution in [0.5, 0.6) is 0 Å². The van der Waals surface area contributed by atoms with E-state index >= 15 is 0 Å². The highest BCUT2D eigenvalue weighted by Gasteiger charge is 2.15. The van der Waals surface area contributed by atoms with Gasteiger partial charge in [-0.2, -0.15) is 0 Å².